The predicted molar refractivity (Wildman–Crippen MR) is 102 cm³/mol. The van der Waals surface area contributed by atoms with Gasteiger partial charge in [-0.1, -0.05) is 6.92 Å². The van der Waals surface area contributed by atoms with Crippen LogP contribution in [0.25, 0.3) is 11.0 Å². The summed E-state index contributed by atoms with van der Waals surface area (Å²) in [6, 6.07) is 1.30. The summed E-state index contributed by atoms with van der Waals surface area (Å²) in [5.74, 6) is 0.990. The van der Waals surface area contributed by atoms with E-state index in [2.05, 4.69) is 43.9 Å². The van der Waals surface area contributed by atoms with Gasteiger partial charge in [0.15, 0.2) is 0 Å². The van der Waals surface area contributed by atoms with Crippen molar-refractivity contribution in [1.82, 2.24) is 24.8 Å². The summed E-state index contributed by atoms with van der Waals surface area (Å²) in [6.45, 7) is 10.5. The monoisotopic (exact) mass is 342 g/mol. The van der Waals surface area contributed by atoms with Gasteiger partial charge >= 0.3 is 0 Å². The first-order valence-electron chi connectivity index (χ1n) is 9.76. The van der Waals surface area contributed by atoms with E-state index in [1.54, 1.807) is 6.33 Å². The number of aryl methyl sites for hydroxylation is 1. The molecule has 4 rings (SSSR count). The summed E-state index contributed by atoms with van der Waals surface area (Å²) in [6.07, 6.45) is 8.71. The molecule has 1 aliphatic carbocycles. The largest absolute Gasteiger partial charge is 0.367 e. The minimum absolute atomic E-state index is 0.528. The normalized spacial score (nSPS) is 26.2. The number of likely N-dealkylation sites (N-methyl/N-ethyl adjacent to an activating group) is 1. The Balaban J connectivity index is 1.34. The summed E-state index contributed by atoms with van der Waals surface area (Å²) in [7, 11) is 0. The van der Waals surface area contributed by atoms with Gasteiger partial charge in [-0.15, -0.1) is 0 Å². The molecule has 0 atom stereocenters. The fourth-order valence-electron chi connectivity index (χ4n) is 4.45. The number of aromatic amines is 1. The maximum atomic E-state index is 4.50. The summed E-state index contributed by atoms with van der Waals surface area (Å²) in [5.41, 5.74) is 2.14. The molecule has 0 radical (unpaired) electrons. The minimum atomic E-state index is 0.528. The van der Waals surface area contributed by atoms with Gasteiger partial charge in [-0.3, -0.25) is 4.90 Å². The van der Waals surface area contributed by atoms with Gasteiger partial charge in [0.2, 0.25) is 0 Å². The number of hydrogen-bond acceptors (Lipinski definition) is 5. The van der Waals surface area contributed by atoms with Crippen LogP contribution in [0.15, 0.2) is 12.5 Å². The molecule has 1 saturated carbocycles. The Morgan fingerprint density at radius 2 is 1.88 bits per heavy atom. The highest BCUT2D eigenvalue weighted by Crippen LogP contribution is 2.29. The Bertz CT molecular complexity index is 695. The van der Waals surface area contributed by atoms with Crippen LogP contribution in [0.2, 0.25) is 0 Å². The molecule has 1 saturated heterocycles. The summed E-state index contributed by atoms with van der Waals surface area (Å²) in [5, 5.41) is 4.83. The topological polar surface area (TPSA) is 60.1 Å². The van der Waals surface area contributed by atoms with Gasteiger partial charge in [0, 0.05) is 44.5 Å². The van der Waals surface area contributed by atoms with E-state index in [4.69, 9.17) is 0 Å². The van der Waals surface area contributed by atoms with Crippen molar-refractivity contribution in [1.29, 1.82) is 0 Å². The first-order chi connectivity index (χ1) is 12.2. The number of rotatable bonds is 4. The molecule has 0 amide bonds. The third kappa shape index (κ3) is 3.51. The van der Waals surface area contributed by atoms with E-state index >= 15 is 0 Å². The quantitative estimate of drug-likeness (QED) is 0.894. The van der Waals surface area contributed by atoms with Gasteiger partial charge in [0.05, 0.1) is 5.39 Å². The van der Waals surface area contributed by atoms with Gasteiger partial charge in [-0.25, -0.2) is 9.97 Å². The standard InChI is InChI=1S/C19H30N6/c1-3-24-8-10-25(11-9-24)16-6-4-15(5-7-16)23-19-17-14(2)12-20-18(17)21-13-22-19/h12-13,15-16H,3-11H2,1-2H3,(H2,20,21,22,23). The van der Waals surface area contributed by atoms with Crippen molar-refractivity contribution >= 4 is 16.9 Å². The minimum Gasteiger partial charge on any atom is -0.367 e. The average Bonchev–Trinajstić information content (AvgIpc) is 3.05. The van der Waals surface area contributed by atoms with E-state index in [0.29, 0.717) is 6.04 Å². The first-order valence-corrected chi connectivity index (χ1v) is 9.76. The average molecular weight is 342 g/mol. The zero-order valence-electron chi connectivity index (χ0n) is 15.5. The molecule has 2 fully saturated rings. The summed E-state index contributed by atoms with van der Waals surface area (Å²) in [4.78, 5) is 17.3. The molecule has 0 spiro atoms. The van der Waals surface area contributed by atoms with Crippen LogP contribution >= 0.6 is 0 Å². The zero-order chi connectivity index (χ0) is 17.2. The Morgan fingerprint density at radius 1 is 1.12 bits per heavy atom. The van der Waals surface area contributed by atoms with Gasteiger partial charge in [-0.05, 0) is 44.7 Å². The van der Waals surface area contributed by atoms with Crippen LogP contribution in [0.5, 0.6) is 0 Å². The van der Waals surface area contributed by atoms with Crippen molar-refractivity contribution in [3.05, 3.63) is 18.1 Å². The second-order valence-electron chi connectivity index (χ2n) is 7.54. The van der Waals surface area contributed by atoms with Gasteiger partial charge < -0.3 is 15.2 Å². The molecule has 25 heavy (non-hydrogen) atoms. The maximum Gasteiger partial charge on any atom is 0.143 e. The predicted octanol–water partition coefficient (Wildman–Crippen LogP) is 2.63. The van der Waals surface area contributed by atoms with E-state index in [1.165, 1.54) is 64.0 Å². The molecule has 6 nitrogen and oxygen atoms in total. The Hall–Kier alpha value is -1.66. The van der Waals surface area contributed by atoms with Crippen molar-refractivity contribution in [2.75, 3.05) is 38.0 Å². The third-order valence-corrected chi connectivity index (χ3v) is 6.08. The van der Waals surface area contributed by atoms with Crippen molar-refractivity contribution < 1.29 is 0 Å². The fourth-order valence-corrected chi connectivity index (χ4v) is 4.45. The second kappa shape index (κ2) is 7.30. The van der Waals surface area contributed by atoms with Crippen LogP contribution in [0.3, 0.4) is 0 Å². The lowest BCUT2D eigenvalue weighted by atomic mass is 9.89. The number of aromatic nitrogens is 3. The number of H-pyrrole nitrogens is 1. The fraction of sp³-hybridized carbons (Fsp3) is 0.684. The molecular weight excluding hydrogens is 312 g/mol. The van der Waals surface area contributed by atoms with E-state index in [1.807, 2.05) is 6.20 Å². The Labute approximate surface area is 150 Å². The molecule has 6 heteroatoms. The SMILES string of the molecule is CCN1CCN(C2CCC(Nc3ncnc4[nH]cc(C)c34)CC2)CC1. The number of hydrogen-bond donors (Lipinski definition) is 2. The van der Waals surface area contributed by atoms with Crippen molar-refractivity contribution in [3.63, 3.8) is 0 Å². The number of nitrogens with zero attached hydrogens (tertiary/aromatic N) is 4. The molecule has 3 heterocycles. The maximum absolute atomic E-state index is 4.50. The summed E-state index contributed by atoms with van der Waals surface area (Å²) < 4.78 is 0. The Kier molecular flexibility index (Phi) is 4.90. The van der Waals surface area contributed by atoms with Crippen molar-refractivity contribution in [2.45, 2.75) is 51.6 Å². The van der Waals surface area contributed by atoms with Gasteiger partial charge in [-0.2, -0.15) is 0 Å². The van der Waals surface area contributed by atoms with Crippen molar-refractivity contribution in [3.8, 4) is 0 Å². The summed E-state index contributed by atoms with van der Waals surface area (Å²) >= 11 is 0. The number of anilines is 1. The van der Waals surface area contributed by atoms with E-state index < -0.39 is 0 Å². The number of fused-ring (bicyclic) bond motifs is 1. The first kappa shape index (κ1) is 16.8. The highest BCUT2D eigenvalue weighted by atomic mass is 15.3. The Morgan fingerprint density at radius 3 is 2.60 bits per heavy atom. The van der Waals surface area contributed by atoms with Crippen LogP contribution in [-0.2, 0) is 0 Å². The van der Waals surface area contributed by atoms with Crippen LogP contribution in [0.4, 0.5) is 5.82 Å². The molecule has 2 aromatic rings. The van der Waals surface area contributed by atoms with Crippen LogP contribution in [0.1, 0.15) is 38.2 Å². The third-order valence-electron chi connectivity index (χ3n) is 6.08. The lowest BCUT2D eigenvalue weighted by molar-refractivity contribution is 0.0800. The molecular formula is C19H30N6. The van der Waals surface area contributed by atoms with Gasteiger partial charge in [0.1, 0.15) is 17.8 Å². The number of piperazine rings is 1. The molecule has 136 valence electrons. The molecule has 2 N–H and O–H groups in total. The smallest absolute Gasteiger partial charge is 0.143 e. The highest BCUT2D eigenvalue weighted by molar-refractivity contribution is 5.90. The van der Waals surface area contributed by atoms with Crippen molar-refractivity contribution in [2.24, 2.45) is 0 Å². The number of nitrogens with one attached hydrogen (secondary N) is 2. The second-order valence-corrected chi connectivity index (χ2v) is 7.54. The lowest BCUT2D eigenvalue weighted by Crippen LogP contribution is -2.51. The molecule has 0 bridgehead atoms. The zero-order valence-corrected chi connectivity index (χ0v) is 15.5. The molecule has 2 aliphatic rings. The molecule has 0 unspecified atom stereocenters. The van der Waals surface area contributed by atoms with Crippen LogP contribution in [0, 0.1) is 6.92 Å². The molecule has 2 aromatic heterocycles. The van der Waals surface area contributed by atoms with E-state index in [9.17, 15) is 0 Å². The van der Waals surface area contributed by atoms with E-state index in [-0.39, 0.29) is 0 Å². The van der Waals surface area contributed by atoms with Gasteiger partial charge in [0.25, 0.3) is 0 Å². The molecule has 1 aliphatic heterocycles. The molecule has 0 aromatic carbocycles. The van der Waals surface area contributed by atoms with E-state index in [0.717, 1.165) is 22.9 Å². The lowest BCUT2D eigenvalue weighted by Gasteiger charge is -2.42. The van der Waals surface area contributed by atoms with Crippen LogP contribution < -0.4 is 5.32 Å². The van der Waals surface area contributed by atoms with Crippen LogP contribution in [-0.4, -0.2) is 69.6 Å². The highest BCUT2D eigenvalue weighted by Gasteiger charge is 2.28.